The maximum absolute atomic E-state index is 13.0. The molecule has 7 heteroatoms. The second-order valence-electron chi connectivity index (χ2n) is 6.46. The molecule has 0 saturated carbocycles. The first-order chi connectivity index (χ1) is 14.4. The van der Waals surface area contributed by atoms with Crippen molar-refractivity contribution < 1.29 is 13.2 Å². The van der Waals surface area contributed by atoms with Gasteiger partial charge in [0.25, 0.3) is 10.0 Å². The molecule has 30 heavy (non-hydrogen) atoms. The summed E-state index contributed by atoms with van der Waals surface area (Å²) in [6.07, 6.45) is 0.470. The highest BCUT2D eigenvalue weighted by Gasteiger charge is 2.22. The minimum atomic E-state index is -4.05. The first-order valence-corrected chi connectivity index (χ1v) is 11.3. The number of nitrogens with zero attached hydrogens (tertiary/aromatic N) is 1. The molecule has 1 N–H and O–H groups in total. The Morgan fingerprint density at radius 2 is 1.40 bits per heavy atom. The SMILES string of the molecule is CCC(=CS(=O)(=O)NC(=O)N(c1ccccc1)c1ccccc1)c1ccc(Cl)cc1. The molecule has 3 aromatic rings. The summed E-state index contributed by atoms with van der Waals surface area (Å²) in [4.78, 5) is 14.3. The van der Waals surface area contributed by atoms with Gasteiger partial charge in [-0.05, 0) is 54.0 Å². The maximum atomic E-state index is 13.0. The molecule has 0 bridgehead atoms. The van der Waals surface area contributed by atoms with Crippen LogP contribution in [0.4, 0.5) is 16.2 Å². The van der Waals surface area contributed by atoms with E-state index < -0.39 is 16.1 Å². The Kier molecular flexibility index (Phi) is 6.92. The number of para-hydroxylation sites is 2. The van der Waals surface area contributed by atoms with Crippen LogP contribution in [-0.2, 0) is 10.0 Å². The van der Waals surface area contributed by atoms with Crippen LogP contribution in [-0.4, -0.2) is 14.4 Å². The molecule has 0 heterocycles. The van der Waals surface area contributed by atoms with E-state index in [0.29, 0.717) is 28.4 Å². The zero-order valence-electron chi connectivity index (χ0n) is 16.3. The van der Waals surface area contributed by atoms with Crippen LogP contribution in [0.1, 0.15) is 18.9 Å². The Bertz CT molecular complexity index is 1090. The normalized spacial score (nSPS) is 11.7. The molecular formula is C23H21ClN2O3S. The molecule has 0 unspecified atom stereocenters. The molecule has 154 valence electrons. The highest BCUT2D eigenvalue weighted by atomic mass is 35.5. The number of carbonyl (C=O) groups is 1. The maximum Gasteiger partial charge on any atom is 0.340 e. The summed E-state index contributed by atoms with van der Waals surface area (Å²) < 4.78 is 27.7. The first-order valence-electron chi connectivity index (χ1n) is 9.33. The summed E-state index contributed by atoms with van der Waals surface area (Å²) in [6, 6.07) is 23.8. The van der Waals surface area contributed by atoms with Crippen LogP contribution >= 0.6 is 11.6 Å². The summed E-state index contributed by atoms with van der Waals surface area (Å²) >= 11 is 5.91. The van der Waals surface area contributed by atoms with Crippen molar-refractivity contribution in [3.8, 4) is 0 Å². The first kappa shape index (κ1) is 21.6. The molecule has 0 fully saturated rings. The average molecular weight is 441 g/mol. The summed E-state index contributed by atoms with van der Waals surface area (Å²) in [5.74, 6) is 0. The number of nitrogens with one attached hydrogen (secondary N) is 1. The van der Waals surface area contributed by atoms with Crippen LogP contribution < -0.4 is 9.62 Å². The average Bonchev–Trinajstić information content (AvgIpc) is 2.74. The van der Waals surface area contributed by atoms with Crippen molar-refractivity contribution >= 4 is 44.6 Å². The fraction of sp³-hybridized carbons (Fsp3) is 0.0870. The number of urea groups is 1. The molecule has 0 aliphatic carbocycles. The monoisotopic (exact) mass is 440 g/mol. The van der Waals surface area contributed by atoms with Crippen LogP contribution in [0.3, 0.4) is 0 Å². The quantitative estimate of drug-likeness (QED) is 0.513. The number of carbonyl (C=O) groups excluding carboxylic acids is 1. The van der Waals surface area contributed by atoms with Gasteiger partial charge in [0.05, 0.1) is 16.8 Å². The van der Waals surface area contributed by atoms with Gasteiger partial charge in [0.1, 0.15) is 0 Å². The molecule has 0 aromatic heterocycles. The van der Waals surface area contributed by atoms with Gasteiger partial charge in [0.2, 0.25) is 0 Å². The Balaban J connectivity index is 1.91. The standard InChI is InChI=1S/C23H21ClN2O3S/c1-2-18(19-13-15-20(24)16-14-19)17-30(28,29)25-23(27)26(21-9-5-3-6-10-21)22-11-7-4-8-12-22/h3-17H,2H2,1H3,(H,25,27). The van der Waals surface area contributed by atoms with Crippen LogP contribution in [0.2, 0.25) is 5.02 Å². The molecule has 3 aromatic carbocycles. The van der Waals surface area contributed by atoms with E-state index in [2.05, 4.69) is 4.72 Å². The van der Waals surface area contributed by atoms with Gasteiger partial charge in [-0.25, -0.2) is 17.9 Å². The summed E-state index contributed by atoms with van der Waals surface area (Å²) in [6.45, 7) is 1.85. The zero-order chi connectivity index (χ0) is 21.6. The van der Waals surface area contributed by atoms with Crippen molar-refractivity contribution in [1.29, 1.82) is 0 Å². The lowest BCUT2D eigenvalue weighted by molar-refractivity contribution is 0.253. The minimum Gasteiger partial charge on any atom is -0.262 e. The fourth-order valence-electron chi connectivity index (χ4n) is 2.94. The van der Waals surface area contributed by atoms with Gasteiger partial charge < -0.3 is 0 Å². The zero-order valence-corrected chi connectivity index (χ0v) is 17.9. The lowest BCUT2D eigenvalue weighted by Crippen LogP contribution is -2.39. The second kappa shape index (κ2) is 9.61. The third kappa shape index (κ3) is 5.49. The van der Waals surface area contributed by atoms with Gasteiger partial charge in [0.15, 0.2) is 0 Å². The number of amides is 2. The van der Waals surface area contributed by atoms with Crippen LogP contribution in [0.15, 0.2) is 90.3 Å². The molecule has 2 amide bonds. The summed E-state index contributed by atoms with van der Waals surface area (Å²) in [5, 5.41) is 1.65. The van der Waals surface area contributed by atoms with E-state index in [1.807, 2.05) is 19.1 Å². The Hall–Kier alpha value is -3.09. The molecule has 0 spiro atoms. The summed E-state index contributed by atoms with van der Waals surface area (Å²) in [5.41, 5.74) is 2.39. The van der Waals surface area contributed by atoms with E-state index in [1.165, 1.54) is 4.90 Å². The number of sulfonamides is 1. The topological polar surface area (TPSA) is 66.5 Å². The highest BCUT2D eigenvalue weighted by molar-refractivity contribution is 7.93. The third-order valence-corrected chi connectivity index (χ3v) is 5.66. The van der Waals surface area contributed by atoms with Crippen LogP contribution in [0, 0.1) is 0 Å². The molecule has 3 rings (SSSR count). The largest absolute Gasteiger partial charge is 0.340 e. The van der Waals surface area contributed by atoms with Crippen molar-refractivity contribution in [3.05, 3.63) is 101 Å². The predicted octanol–water partition coefficient (Wildman–Crippen LogP) is 5.97. The van der Waals surface area contributed by atoms with E-state index in [1.54, 1.807) is 72.8 Å². The number of rotatable bonds is 6. The predicted molar refractivity (Wildman–Crippen MR) is 122 cm³/mol. The van der Waals surface area contributed by atoms with Crippen molar-refractivity contribution in [2.75, 3.05) is 4.90 Å². The van der Waals surface area contributed by atoms with Gasteiger partial charge in [0, 0.05) is 5.02 Å². The van der Waals surface area contributed by atoms with Gasteiger partial charge in [-0.1, -0.05) is 67.1 Å². The second-order valence-corrected chi connectivity index (χ2v) is 8.43. The lowest BCUT2D eigenvalue weighted by atomic mass is 10.1. The molecule has 0 radical (unpaired) electrons. The Morgan fingerprint density at radius 1 is 0.900 bits per heavy atom. The van der Waals surface area contributed by atoms with Gasteiger partial charge in [-0.15, -0.1) is 0 Å². The van der Waals surface area contributed by atoms with E-state index in [-0.39, 0.29) is 0 Å². The van der Waals surface area contributed by atoms with E-state index >= 15 is 0 Å². The molecule has 0 aliphatic heterocycles. The van der Waals surface area contributed by atoms with E-state index in [0.717, 1.165) is 11.0 Å². The Labute approximate surface area is 181 Å². The van der Waals surface area contributed by atoms with E-state index in [4.69, 9.17) is 11.6 Å². The molecular weight excluding hydrogens is 420 g/mol. The van der Waals surface area contributed by atoms with Crippen molar-refractivity contribution in [1.82, 2.24) is 4.72 Å². The molecule has 0 aliphatic rings. The van der Waals surface area contributed by atoms with Crippen molar-refractivity contribution in [2.24, 2.45) is 0 Å². The third-order valence-electron chi connectivity index (χ3n) is 4.35. The number of allylic oxidation sites excluding steroid dienone is 1. The fourth-order valence-corrected chi connectivity index (χ4v) is 4.14. The van der Waals surface area contributed by atoms with Crippen molar-refractivity contribution in [3.63, 3.8) is 0 Å². The van der Waals surface area contributed by atoms with Crippen molar-refractivity contribution in [2.45, 2.75) is 13.3 Å². The molecule has 5 nitrogen and oxygen atoms in total. The number of anilines is 2. The van der Waals surface area contributed by atoms with Crippen LogP contribution in [0.25, 0.3) is 5.57 Å². The van der Waals surface area contributed by atoms with Gasteiger partial charge in [-0.3, -0.25) is 4.90 Å². The van der Waals surface area contributed by atoms with Crippen LogP contribution in [0.5, 0.6) is 0 Å². The van der Waals surface area contributed by atoms with E-state index in [9.17, 15) is 13.2 Å². The Morgan fingerprint density at radius 3 is 1.87 bits per heavy atom. The summed E-state index contributed by atoms with van der Waals surface area (Å²) in [7, 11) is -4.05. The molecule has 0 atom stereocenters. The number of benzene rings is 3. The number of hydrogen-bond donors (Lipinski definition) is 1. The number of halogens is 1. The lowest BCUT2D eigenvalue weighted by Gasteiger charge is -2.23. The number of hydrogen-bond acceptors (Lipinski definition) is 3. The highest BCUT2D eigenvalue weighted by Crippen LogP contribution is 2.26. The minimum absolute atomic E-state index is 0.470. The van der Waals surface area contributed by atoms with Gasteiger partial charge >= 0.3 is 6.03 Å². The van der Waals surface area contributed by atoms with Gasteiger partial charge in [-0.2, -0.15) is 0 Å². The smallest absolute Gasteiger partial charge is 0.262 e. The molecule has 0 saturated heterocycles.